The molecule has 0 aromatic heterocycles. The molecule has 0 atom stereocenters. The Morgan fingerprint density at radius 2 is 1.50 bits per heavy atom. The Balaban J connectivity index is -0.000000125. The van der Waals surface area contributed by atoms with Crippen LogP contribution in [-0.4, -0.2) is 0 Å². The Kier molecular flexibility index (Phi) is 19.1. The Hall–Kier alpha value is -0.440. The van der Waals surface area contributed by atoms with Gasteiger partial charge in [0.15, 0.2) is 0 Å². The van der Waals surface area contributed by atoms with Gasteiger partial charge in [0.1, 0.15) is 0 Å². The highest BCUT2D eigenvalue weighted by atomic mass is 13.8. The average molecular weight is 114 g/mol. The molecule has 0 bridgehead atoms. The summed E-state index contributed by atoms with van der Waals surface area (Å²) in [4.78, 5) is 0. The molecule has 0 saturated carbocycles. The van der Waals surface area contributed by atoms with Crippen LogP contribution in [0.2, 0.25) is 0 Å². The van der Waals surface area contributed by atoms with Gasteiger partial charge < -0.3 is 0 Å². The highest BCUT2D eigenvalue weighted by molar-refractivity contribution is 4.97. The molecule has 0 aromatic carbocycles. The molecule has 8 heavy (non-hydrogen) atoms. The number of hydrogen-bond acceptors (Lipinski definition) is 0. The normalized spacial score (nSPS) is 5.50. The van der Waals surface area contributed by atoms with Gasteiger partial charge in [0, 0.05) is 5.92 Å². The summed E-state index contributed by atoms with van der Waals surface area (Å²) < 4.78 is 0. The second-order valence-corrected chi connectivity index (χ2v) is 1.55. The summed E-state index contributed by atoms with van der Waals surface area (Å²) in [7, 11) is 0. The van der Waals surface area contributed by atoms with Crippen molar-refractivity contribution < 1.29 is 0 Å². The van der Waals surface area contributed by atoms with E-state index in [1.54, 1.807) is 0 Å². The van der Waals surface area contributed by atoms with E-state index in [-0.39, 0.29) is 14.9 Å². The minimum atomic E-state index is 0. The minimum Gasteiger partial charge on any atom is -0.106 e. The molecule has 0 nitrogen and oxygen atoms in total. The van der Waals surface area contributed by atoms with Crippen LogP contribution >= 0.6 is 0 Å². The van der Waals surface area contributed by atoms with Crippen LogP contribution in [0.25, 0.3) is 0 Å². The predicted molar refractivity (Wildman–Crippen MR) is 41.8 cm³/mol. The van der Waals surface area contributed by atoms with E-state index in [4.69, 9.17) is 0 Å². The van der Waals surface area contributed by atoms with E-state index in [1.165, 1.54) is 0 Å². The zero-order valence-corrected chi connectivity index (χ0v) is 4.58. The van der Waals surface area contributed by atoms with E-state index in [0.717, 1.165) is 0 Å². The molecular formula is C8H18. The van der Waals surface area contributed by atoms with Gasteiger partial charge in [0.2, 0.25) is 0 Å². The lowest BCUT2D eigenvalue weighted by molar-refractivity contribution is 0.866. The molecule has 0 aliphatic carbocycles. The van der Waals surface area contributed by atoms with Gasteiger partial charge in [0.05, 0.1) is 0 Å². The maximum atomic E-state index is 2.96. The van der Waals surface area contributed by atoms with Crippen LogP contribution in [0.5, 0.6) is 0 Å². The van der Waals surface area contributed by atoms with Crippen LogP contribution in [0.3, 0.4) is 0 Å². The van der Waals surface area contributed by atoms with Crippen LogP contribution in [-0.2, 0) is 0 Å². The second-order valence-electron chi connectivity index (χ2n) is 1.55. The van der Waals surface area contributed by atoms with Crippen molar-refractivity contribution in [2.75, 3.05) is 0 Å². The number of rotatable bonds is 0. The maximum Gasteiger partial charge on any atom is 0.0146 e. The average Bonchev–Trinajstić information content (AvgIpc) is 1.35. The zero-order valence-electron chi connectivity index (χ0n) is 4.58. The first kappa shape index (κ1) is 15.6. The Bertz CT molecular complexity index is 69.8. The third-order valence-electron chi connectivity index (χ3n) is 0.433. The standard InChI is InChI=1S/C6H10.2CH4/c1-4-5-6(2)3;;/h6H,1-3H3;2*1H4. The van der Waals surface area contributed by atoms with Crippen LogP contribution in [0.15, 0.2) is 0 Å². The lowest BCUT2D eigenvalue weighted by Gasteiger charge is -1.82. The largest absolute Gasteiger partial charge is 0.106 e. The molecule has 0 amide bonds. The first-order valence-electron chi connectivity index (χ1n) is 2.19. The Morgan fingerprint density at radius 1 is 1.12 bits per heavy atom. The van der Waals surface area contributed by atoms with Gasteiger partial charge >= 0.3 is 0 Å². The molecule has 0 heteroatoms. The smallest absolute Gasteiger partial charge is 0.0146 e. The molecule has 0 spiro atoms. The van der Waals surface area contributed by atoms with Crippen molar-refractivity contribution in [2.45, 2.75) is 35.6 Å². The fourth-order valence-corrected chi connectivity index (χ4v) is 0.289. The molecule has 0 aliphatic rings. The molecule has 0 aromatic rings. The fraction of sp³-hybridized carbons (Fsp3) is 0.750. The van der Waals surface area contributed by atoms with Crippen LogP contribution in [0.4, 0.5) is 0 Å². The Morgan fingerprint density at radius 3 is 1.50 bits per heavy atom. The molecule has 0 aliphatic heterocycles. The number of hydrogen-bond donors (Lipinski definition) is 0. The van der Waals surface area contributed by atoms with Crippen LogP contribution in [0.1, 0.15) is 35.6 Å². The van der Waals surface area contributed by atoms with Crippen molar-refractivity contribution in [1.29, 1.82) is 0 Å². The van der Waals surface area contributed by atoms with E-state index < -0.39 is 0 Å². The molecule has 50 valence electrons. The second kappa shape index (κ2) is 9.75. The van der Waals surface area contributed by atoms with Gasteiger partial charge in [-0.3, -0.25) is 0 Å². The van der Waals surface area contributed by atoms with E-state index in [0.29, 0.717) is 5.92 Å². The summed E-state index contributed by atoms with van der Waals surface area (Å²) in [5, 5.41) is 0. The van der Waals surface area contributed by atoms with Crippen molar-refractivity contribution in [3.8, 4) is 11.8 Å². The van der Waals surface area contributed by atoms with Gasteiger partial charge in [-0.25, -0.2) is 0 Å². The summed E-state index contributed by atoms with van der Waals surface area (Å²) in [6.07, 6.45) is 0. The first-order valence-corrected chi connectivity index (χ1v) is 2.19. The third kappa shape index (κ3) is 17.6. The van der Waals surface area contributed by atoms with Gasteiger partial charge in [0.25, 0.3) is 0 Å². The van der Waals surface area contributed by atoms with E-state index >= 15 is 0 Å². The van der Waals surface area contributed by atoms with Crippen LogP contribution < -0.4 is 0 Å². The lowest BCUT2D eigenvalue weighted by atomic mass is 10.2. The quantitative estimate of drug-likeness (QED) is 0.425. The van der Waals surface area contributed by atoms with E-state index in [1.807, 2.05) is 6.92 Å². The summed E-state index contributed by atoms with van der Waals surface area (Å²) in [6.45, 7) is 6.02. The minimum absolute atomic E-state index is 0. The van der Waals surface area contributed by atoms with E-state index in [9.17, 15) is 0 Å². The van der Waals surface area contributed by atoms with Gasteiger partial charge in [-0.1, -0.05) is 28.7 Å². The maximum absolute atomic E-state index is 2.96. The topological polar surface area (TPSA) is 0 Å². The third-order valence-corrected chi connectivity index (χ3v) is 0.433. The van der Waals surface area contributed by atoms with Gasteiger partial charge in [-0.15, -0.1) is 11.8 Å². The highest BCUT2D eigenvalue weighted by Crippen LogP contribution is 1.83. The zero-order chi connectivity index (χ0) is 4.99. The molecule has 0 heterocycles. The van der Waals surface area contributed by atoms with E-state index in [2.05, 4.69) is 25.7 Å². The Labute approximate surface area is 54.3 Å². The molecule has 0 N–H and O–H groups in total. The van der Waals surface area contributed by atoms with Gasteiger partial charge in [-0.05, 0) is 6.92 Å². The first-order chi connectivity index (χ1) is 2.77. The summed E-state index contributed by atoms with van der Waals surface area (Å²) in [5.41, 5.74) is 0. The van der Waals surface area contributed by atoms with Crippen molar-refractivity contribution >= 4 is 0 Å². The van der Waals surface area contributed by atoms with Crippen molar-refractivity contribution in [2.24, 2.45) is 5.92 Å². The summed E-state index contributed by atoms with van der Waals surface area (Å²) in [5.74, 6) is 6.31. The molecule has 0 unspecified atom stereocenters. The molecule has 0 rings (SSSR count). The fourth-order valence-electron chi connectivity index (χ4n) is 0.289. The molecule has 0 radical (unpaired) electrons. The van der Waals surface area contributed by atoms with Crippen molar-refractivity contribution in [3.63, 3.8) is 0 Å². The van der Waals surface area contributed by atoms with Crippen molar-refractivity contribution in [1.82, 2.24) is 0 Å². The summed E-state index contributed by atoms with van der Waals surface area (Å²) in [6, 6.07) is 0. The highest BCUT2D eigenvalue weighted by Gasteiger charge is 1.75. The van der Waals surface area contributed by atoms with Crippen LogP contribution in [0, 0.1) is 17.8 Å². The van der Waals surface area contributed by atoms with Gasteiger partial charge in [-0.2, -0.15) is 0 Å². The molecular weight excluding hydrogens is 96.1 g/mol. The predicted octanol–water partition coefficient (Wildman–Crippen LogP) is 2.94. The van der Waals surface area contributed by atoms with Crippen molar-refractivity contribution in [3.05, 3.63) is 0 Å². The lowest BCUT2D eigenvalue weighted by Crippen LogP contribution is -1.74. The molecule has 0 saturated heterocycles. The SMILES string of the molecule is C.C.CC#CC(C)C. The monoisotopic (exact) mass is 114 g/mol. The summed E-state index contributed by atoms with van der Waals surface area (Å²) >= 11 is 0. The molecule has 0 fully saturated rings.